The molecule has 0 aliphatic carbocycles. The molecule has 1 atom stereocenters. The molecule has 0 fully saturated rings. The summed E-state index contributed by atoms with van der Waals surface area (Å²) in [5.41, 5.74) is 0.120. The summed E-state index contributed by atoms with van der Waals surface area (Å²) in [4.78, 5) is 20.6. The Morgan fingerprint density at radius 2 is 1.59 bits per heavy atom. The summed E-state index contributed by atoms with van der Waals surface area (Å²) in [6.07, 6.45) is -0.0504. The maximum Gasteiger partial charge on any atom is 0.501 e. The fourth-order valence-electron chi connectivity index (χ4n) is 3.52. The fourth-order valence-corrected chi connectivity index (χ4v) is 6.10. The second kappa shape index (κ2) is 16.6. The maximum absolute atomic E-state index is 11.2. The lowest BCUT2D eigenvalue weighted by molar-refractivity contribution is -0.393. The van der Waals surface area contributed by atoms with Crippen LogP contribution in [0, 0.1) is 20.2 Å². The smallest absolute Gasteiger partial charge is 0.389 e. The number of aliphatic hydroxyl groups is 1. The first kappa shape index (κ1) is 31.9. The molecule has 2 aromatic carbocycles. The van der Waals surface area contributed by atoms with Crippen molar-refractivity contribution in [3.05, 3.63) is 62.7 Å². The van der Waals surface area contributed by atoms with Crippen molar-refractivity contribution in [1.29, 1.82) is 0 Å². The standard InChI is InChI=1S/C24H35N5O9Si/c1-4-36-39(37-5-2,38-6-3)15-7-14-35-18-22(30)17-25-19-8-10-20(11-9-19)26-27-23-13-12-21(28(31)32)16-24(23)29(33)34/h8-13,16,22,25,30H,4-7,14-15,17-18H2,1-3H3. The summed E-state index contributed by atoms with van der Waals surface area (Å²) in [7, 11) is -2.70. The molecule has 0 bridgehead atoms. The number of hydrogen-bond donors (Lipinski definition) is 2. The minimum atomic E-state index is -2.70. The van der Waals surface area contributed by atoms with Gasteiger partial charge in [-0.1, -0.05) is 0 Å². The highest BCUT2D eigenvalue weighted by molar-refractivity contribution is 6.60. The Bertz CT molecular complexity index is 1070. The molecule has 0 saturated heterocycles. The minimum Gasteiger partial charge on any atom is -0.389 e. The number of nitro benzene ring substituents is 2. The van der Waals surface area contributed by atoms with Crippen molar-refractivity contribution in [2.24, 2.45) is 10.2 Å². The van der Waals surface area contributed by atoms with Crippen molar-refractivity contribution < 1.29 is 33.0 Å². The first-order chi connectivity index (χ1) is 18.7. The van der Waals surface area contributed by atoms with Crippen LogP contribution in [0.1, 0.15) is 27.2 Å². The number of hydrogen-bond acceptors (Lipinski definition) is 12. The molecule has 2 N–H and O–H groups in total. The predicted molar refractivity (Wildman–Crippen MR) is 146 cm³/mol. The third-order valence-corrected chi connectivity index (χ3v) is 8.37. The zero-order chi connectivity index (χ0) is 28.7. The van der Waals surface area contributed by atoms with Crippen molar-refractivity contribution in [2.75, 3.05) is 44.9 Å². The van der Waals surface area contributed by atoms with E-state index >= 15 is 0 Å². The van der Waals surface area contributed by atoms with E-state index in [-0.39, 0.29) is 18.8 Å². The molecule has 0 amide bonds. The number of nitrogens with zero attached hydrogens (tertiary/aromatic N) is 4. The van der Waals surface area contributed by atoms with E-state index in [1.165, 1.54) is 6.07 Å². The summed E-state index contributed by atoms with van der Waals surface area (Å²) in [6, 6.07) is 10.5. The van der Waals surface area contributed by atoms with Crippen LogP contribution in [0.3, 0.4) is 0 Å². The monoisotopic (exact) mass is 565 g/mol. The van der Waals surface area contributed by atoms with Gasteiger partial charge in [0.2, 0.25) is 0 Å². The number of benzene rings is 2. The van der Waals surface area contributed by atoms with Crippen molar-refractivity contribution in [2.45, 2.75) is 39.3 Å². The van der Waals surface area contributed by atoms with Crippen LogP contribution >= 0.6 is 0 Å². The fraction of sp³-hybridized carbons (Fsp3) is 0.500. The first-order valence-electron chi connectivity index (χ1n) is 12.6. The molecule has 39 heavy (non-hydrogen) atoms. The van der Waals surface area contributed by atoms with E-state index in [1.54, 1.807) is 24.3 Å². The van der Waals surface area contributed by atoms with E-state index in [0.29, 0.717) is 44.6 Å². The predicted octanol–water partition coefficient (Wildman–Crippen LogP) is 5.15. The van der Waals surface area contributed by atoms with Crippen LogP contribution in [0.4, 0.5) is 28.4 Å². The van der Waals surface area contributed by atoms with Crippen LogP contribution < -0.4 is 5.32 Å². The molecule has 14 nitrogen and oxygen atoms in total. The van der Waals surface area contributed by atoms with Crippen molar-refractivity contribution >= 4 is 37.2 Å². The number of azo groups is 1. The van der Waals surface area contributed by atoms with Crippen molar-refractivity contribution in [3.8, 4) is 0 Å². The van der Waals surface area contributed by atoms with Gasteiger partial charge in [-0.25, -0.2) is 0 Å². The lowest BCUT2D eigenvalue weighted by atomic mass is 10.2. The lowest BCUT2D eigenvalue weighted by Crippen LogP contribution is -2.46. The summed E-state index contributed by atoms with van der Waals surface area (Å²) in [6.45, 7) is 8.13. The molecular weight excluding hydrogens is 530 g/mol. The van der Waals surface area contributed by atoms with Gasteiger partial charge in [-0.3, -0.25) is 20.2 Å². The average molecular weight is 566 g/mol. The highest BCUT2D eigenvalue weighted by Gasteiger charge is 2.39. The van der Waals surface area contributed by atoms with Gasteiger partial charge in [0, 0.05) is 50.8 Å². The van der Waals surface area contributed by atoms with Crippen LogP contribution in [-0.4, -0.2) is 69.4 Å². The van der Waals surface area contributed by atoms with E-state index in [1.807, 2.05) is 20.8 Å². The summed E-state index contributed by atoms with van der Waals surface area (Å²) in [5.74, 6) is 0. The molecule has 0 aliphatic heterocycles. The normalized spacial score (nSPS) is 12.5. The van der Waals surface area contributed by atoms with Crippen molar-refractivity contribution in [1.82, 2.24) is 0 Å². The van der Waals surface area contributed by atoms with Crippen LogP contribution in [0.2, 0.25) is 6.04 Å². The Kier molecular flexibility index (Phi) is 13.6. The molecule has 2 rings (SSSR count). The Labute approximate surface area is 227 Å². The molecular formula is C24H35N5O9Si. The van der Waals surface area contributed by atoms with Crippen LogP contribution in [0.15, 0.2) is 52.7 Å². The number of anilines is 1. The topological polar surface area (TPSA) is 180 Å². The van der Waals surface area contributed by atoms with E-state index in [9.17, 15) is 25.3 Å². The van der Waals surface area contributed by atoms with Gasteiger partial charge >= 0.3 is 14.5 Å². The molecule has 1 unspecified atom stereocenters. The van der Waals surface area contributed by atoms with Gasteiger partial charge in [-0.2, -0.15) is 5.11 Å². The zero-order valence-corrected chi connectivity index (χ0v) is 23.3. The highest BCUT2D eigenvalue weighted by atomic mass is 28.4. The first-order valence-corrected chi connectivity index (χ1v) is 14.5. The summed E-state index contributed by atoms with van der Waals surface area (Å²) in [5, 5.41) is 43.2. The number of ether oxygens (including phenoxy) is 1. The SMILES string of the molecule is CCO[Si](CCCOCC(O)CNc1ccc(N=Nc2ccc([N+](=O)[O-])cc2[N+](=O)[O-])cc1)(OCC)OCC. The molecule has 0 saturated carbocycles. The largest absolute Gasteiger partial charge is 0.501 e. The minimum absolute atomic E-state index is 0.0994. The summed E-state index contributed by atoms with van der Waals surface area (Å²) >= 11 is 0. The molecule has 0 spiro atoms. The summed E-state index contributed by atoms with van der Waals surface area (Å²) < 4.78 is 23.1. The molecule has 0 radical (unpaired) electrons. The number of non-ortho nitro benzene ring substituents is 1. The van der Waals surface area contributed by atoms with Crippen LogP contribution in [0.25, 0.3) is 0 Å². The number of aliphatic hydroxyl groups excluding tert-OH is 1. The average Bonchev–Trinajstić information content (AvgIpc) is 2.91. The highest BCUT2D eigenvalue weighted by Crippen LogP contribution is 2.32. The van der Waals surface area contributed by atoms with Crippen molar-refractivity contribution in [3.63, 3.8) is 0 Å². The second-order valence-electron chi connectivity index (χ2n) is 8.13. The molecule has 2 aromatic rings. The quantitative estimate of drug-likeness (QED) is 0.0760. The second-order valence-corrected chi connectivity index (χ2v) is 10.9. The number of nitro groups is 2. The van der Waals surface area contributed by atoms with Gasteiger partial charge in [0.1, 0.15) is 0 Å². The number of rotatable bonds is 19. The number of nitrogens with one attached hydrogen (secondary N) is 1. The molecule has 0 aliphatic rings. The van der Waals surface area contributed by atoms with Gasteiger partial charge in [-0.05, 0) is 57.5 Å². The lowest BCUT2D eigenvalue weighted by Gasteiger charge is -2.28. The third kappa shape index (κ3) is 10.7. The Morgan fingerprint density at radius 1 is 0.949 bits per heavy atom. The van der Waals surface area contributed by atoms with Crippen LogP contribution in [-0.2, 0) is 18.0 Å². The van der Waals surface area contributed by atoms with Crippen LogP contribution in [0.5, 0.6) is 0 Å². The molecule has 214 valence electrons. The maximum atomic E-state index is 11.2. The van der Waals surface area contributed by atoms with Gasteiger partial charge in [0.25, 0.3) is 5.69 Å². The van der Waals surface area contributed by atoms with E-state index in [2.05, 4.69) is 15.5 Å². The molecule has 0 heterocycles. The van der Waals surface area contributed by atoms with Gasteiger partial charge in [0.15, 0.2) is 5.69 Å². The Hall–Kier alpha value is -3.34. The zero-order valence-electron chi connectivity index (χ0n) is 22.3. The Morgan fingerprint density at radius 3 is 2.15 bits per heavy atom. The molecule has 0 aromatic heterocycles. The van der Waals surface area contributed by atoms with E-state index in [4.69, 9.17) is 18.0 Å². The third-order valence-electron chi connectivity index (χ3n) is 5.22. The Balaban J connectivity index is 1.79. The van der Waals surface area contributed by atoms with Gasteiger partial charge in [0.05, 0.1) is 34.3 Å². The van der Waals surface area contributed by atoms with Gasteiger partial charge < -0.3 is 28.4 Å². The van der Waals surface area contributed by atoms with E-state index < -0.39 is 36.1 Å². The van der Waals surface area contributed by atoms with E-state index in [0.717, 1.165) is 17.8 Å². The van der Waals surface area contributed by atoms with Gasteiger partial charge in [-0.15, -0.1) is 5.11 Å². The molecule has 15 heteroatoms.